The molecular weight excluding hydrogens is 995 g/mol. The molecule has 0 saturated heterocycles. The van der Waals surface area contributed by atoms with Gasteiger partial charge in [-0.25, -0.2) is 0 Å². The highest BCUT2D eigenvalue weighted by Gasteiger charge is 2.81. The van der Waals surface area contributed by atoms with Crippen LogP contribution in [0.5, 0.6) is 11.5 Å². The lowest BCUT2D eigenvalue weighted by Crippen LogP contribution is -2.49. The third-order valence-corrected chi connectivity index (χ3v) is 16.7. The number of hydrogen-bond donors (Lipinski definition) is 0. The van der Waals surface area contributed by atoms with E-state index in [1.165, 1.54) is 40.9 Å². The number of halogens is 6. The van der Waals surface area contributed by atoms with Crippen molar-refractivity contribution in [3.63, 3.8) is 0 Å². The van der Waals surface area contributed by atoms with Crippen LogP contribution in [0.4, 0.5) is 26.3 Å². The van der Waals surface area contributed by atoms with Crippen LogP contribution in [0.2, 0.25) is 0 Å². The molecule has 0 amide bonds. The second kappa shape index (κ2) is 19.0. The average Bonchev–Trinajstić information content (AvgIpc) is 4.13. The van der Waals surface area contributed by atoms with E-state index in [2.05, 4.69) is 0 Å². The number of benzene rings is 2. The predicted octanol–water partition coefficient (Wildman–Crippen LogP) is 16.1. The summed E-state index contributed by atoms with van der Waals surface area (Å²) in [7, 11) is 0. The van der Waals surface area contributed by atoms with Gasteiger partial charge < -0.3 is 23.4 Å². The maximum absolute atomic E-state index is 17.4. The molecular formula is C56H60F6O7S3. The van der Waals surface area contributed by atoms with E-state index in [4.69, 9.17) is 23.4 Å². The number of carbonyl (C=O) groups is 2. The van der Waals surface area contributed by atoms with E-state index >= 15 is 26.3 Å². The molecule has 2 aliphatic rings. The molecule has 0 fully saturated rings. The van der Waals surface area contributed by atoms with Gasteiger partial charge in [0.25, 0.3) is 0 Å². The maximum atomic E-state index is 17.4. The van der Waals surface area contributed by atoms with Crippen LogP contribution >= 0.6 is 34.0 Å². The summed E-state index contributed by atoms with van der Waals surface area (Å²) in [5, 5.41) is 3.70. The van der Waals surface area contributed by atoms with Gasteiger partial charge >= 0.3 is 29.7 Å². The second-order valence-electron chi connectivity index (χ2n) is 21.4. The van der Waals surface area contributed by atoms with Crippen molar-refractivity contribution in [3.05, 3.63) is 114 Å². The Kier molecular flexibility index (Phi) is 14.1. The van der Waals surface area contributed by atoms with Crippen molar-refractivity contribution in [1.82, 2.24) is 0 Å². The van der Waals surface area contributed by atoms with E-state index < -0.39 is 62.8 Å². The van der Waals surface area contributed by atoms with E-state index in [1.54, 1.807) is 13.8 Å². The van der Waals surface area contributed by atoms with Gasteiger partial charge in [-0.05, 0) is 100 Å². The summed E-state index contributed by atoms with van der Waals surface area (Å²) >= 11 is 3.75. The summed E-state index contributed by atoms with van der Waals surface area (Å²) in [6, 6.07) is 15.4. The van der Waals surface area contributed by atoms with Gasteiger partial charge in [-0.2, -0.15) is 26.3 Å². The lowest BCUT2D eigenvalue weighted by molar-refractivity contribution is -0.254. The number of hydrogen-bond acceptors (Lipinski definition) is 10. The summed E-state index contributed by atoms with van der Waals surface area (Å²) in [5.41, 5.74) is -3.90. The molecule has 0 aliphatic heterocycles. The van der Waals surface area contributed by atoms with Crippen molar-refractivity contribution in [1.29, 1.82) is 0 Å². The molecule has 2 aromatic carbocycles. The largest absolute Gasteiger partial charge is 0.490 e. The topological polar surface area (TPSA) is 84.2 Å². The number of alkyl halides is 6. The molecule has 72 heavy (non-hydrogen) atoms. The lowest BCUT2D eigenvalue weighted by atomic mass is 9.71. The molecule has 4 aromatic heterocycles. The number of esters is 2. The van der Waals surface area contributed by atoms with Crippen LogP contribution in [-0.2, 0) is 40.7 Å². The Balaban J connectivity index is 1.50. The molecule has 0 spiro atoms. The standard InChI is InChI=1S/C56H60F6O7S3/c1-12-65-43(63)16-14-22-67-38-26-35-37(28-39(38)68-23-15-17-44(64)66-13-2)69-48-45(35)47-46(54(57,58)56(61,62)55(47,59)60)36-27-41(40-24-33(29-70-40)51(6,7)8)72-49(36)53(48,42-25-34(30-71-42)52(9,10)11)32-20-18-31(19-21-32)50(3,4)5/h18-21,24-30H,12-17,22-23H2,1-11H3. The maximum Gasteiger partial charge on any atom is 0.380 e. The molecule has 7 nitrogen and oxygen atoms in total. The number of furan rings is 1. The molecule has 0 bridgehead atoms. The summed E-state index contributed by atoms with van der Waals surface area (Å²) in [6.07, 6.45) is 0.340. The Morgan fingerprint density at radius 3 is 1.68 bits per heavy atom. The Morgan fingerprint density at radius 2 is 1.15 bits per heavy atom. The van der Waals surface area contributed by atoms with E-state index in [1.807, 2.05) is 109 Å². The number of fused-ring (bicyclic) bond motifs is 6. The molecule has 6 aromatic rings. The Bertz CT molecular complexity index is 3040. The van der Waals surface area contributed by atoms with Crippen LogP contribution in [0.25, 0.3) is 31.9 Å². The van der Waals surface area contributed by atoms with E-state index in [-0.39, 0.29) is 96.0 Å². The van der Waals surface area contributed by atoms with E-state index in [9.17, 15) is 9.59 Å². The summed E-state index contributed by atoms with van der Waals surface area (Å²) in [6.45, 7) is 21.8. The average molecular weight is 1060 g/mol. The zero-order valence-electron chi connectivity index (χ0n) is 42.4. The fourth-order valence-corrected chi connectivity index (χ4v) is 13.3. The van der Waals surface area contributed by atoms with Crippen LogP contribution in [0.3, 0.4) is 0 Å². The second-order valence-corrected chi connectivity index (χ2v) is 24.3. The highest BCUT2D eigenvalue weighted by atomic mass is 32.1. The van der Waals surface area contributed by atoms with Gasteiger partial charge in [-0.15, -0.1) is 34.0 Å². The van der Waals surface area contributed by atoms with Gasteiger partial charge in [0.2, 0.25) is 0 Å². The van der Waals surface area contributed by atoms with E-state index in [0.717, 1.165) is 28.0 Å². The smallest absolute Gasteiger partial charge is 0.380 e. The van der Waals surface area contributed by atoms with Gasteiger partial charge in [0.15, 0.2) is 11.5 Å². The molecule has 1 atom stereocenters. The first kappa shape index (κ1) is 53.2. The highest BCUT2D eigenvalue weighted by molar-refractivity contribution is 7.22. The van der Waals surface area contributed by atoms with Gasteiger partial charge in [0.1, 0.15) is 16.8 Å². The van der Waals surface area contributed by atoms with Crippen LogP contribution in [0, 0.1) is 0 Å². The lowest BCUT2D eigenvalue weighted by Gasteiger charge is -2.34. The molecule has 1 unspecified atom stereocenters. The zero-order valence-corrected chi connectivity index (χ0v) is 44.8. The molecule has 0 radical (unpaired) electrons. The minimum Gasteiger partial charge on any atom is -0.490 e. The Hall–Kier alpha value is -5.06. The quantitative estimate of drug-likeness (QED) is 0.0575. The fourth-order valence-electron chi connectivity index (χ4n) is 9.23. The van der Waals surface area contributed by atoms with Crippen molar-refractivity contribution >= 4 is 68.1 Å². The molecule has 16 heteroatoms. The van der Waals surface area contributed by atoms with Gasteiger partial charge in [0, 0.05) is 66.1 Å². The third-order valence-electron chi connectivity index (χ3n) is 13.3. The van der Waals surface area contributed by atoms with Crippen molar-refractivity contribution < 1.29 is 59.3 Å². The molecule has 386 valence electrons. The normalized spacial score (nSPS) is 18.1. The number of thiophene rings is 3. The summed E-state index contributed by atoms with van der Waals surface area (Å²) in [5.74, 6) is -17.9. The van der Waals surface area contributed by atoms with Crippen molar-refractivity contribution in [3.8, 4) is 21.3 Å². The van der Waals surface area contributed by atoms with Crippen LogP contribution in [-0.4, -0.2) is 56.1 Å². The van der Waals surface area contributed by atoms with Gasteiger partial charge in [0.05, 0.1) is 26.4 Å². The summed E-state index contributed by atoms with van der Waals surface area (Å²) < 4.78 is 132. The van der Waals surface area contributed by atoms with Crippen molar-refractivity contribution in [2.75, 3.05) is 26.4 Å². The van der Waals surface area contributed by atoms with Gasteiger partial charge in [-0.1, -0.05) is 86.6 Å². The highest BCUT2D eigenvalue weighted by Crippen LogP contribution is 2.71. The Morgan fingerprint density at radius 1 is 0.625 bits per heavy atom. The number of ether oxygens (including phenoxy) is 4. The first-order valence-electron chi connectivity index (χ1n) is 24.1. The predicted molar refractivity (Wildman–Crippen MR) is 274 cm³/mol. The third kappa shape index (κ3) is 9.09. The molecule has 4 heterocycles. The first-order chi connectivity index (χ1) is 33.6. The molecule has 2 aliphatic carbocycles. The monoisotopic (exact) mass is 1050 g/mol. The van der Waals surface area contributed by atoms with Crippen molar-refractivity contribution in [2.45, 2.75) is 141 Å². The molecule has 0 N–H and O–H groups in total. The van der Waals surface area contributed by atoms with E-state index in [0.29, 0.717) is 20.2 Å². The molecule has 0 saturated carbocycles. The first-order valence-corrected chi connectivity index (χ1v) is 26.7. The fraction of sp³-hybridized carbons (Fsp3) is 0.464. The summed E-state index contributed by atoms with van der Waals surface area (Å²) in [4.78, 5) is 26.3. The number of rotatable bonds is 15. The number of allylic oxidation sites excluding steroid dienone is 2. The van der Waals surface area contributed by atoms with Crippen LogP contribution < -0.4 is 9.47 Å². The minimum absolute atomic E-state index is 0.0112. The van der Waals surface area contributed by atoms with Crippen LogP contribution in [0.15, 0.2) is 69.8 Å². The molecule has 8 rings (SSSR count). The van der Waals surface area contributed by atoms with Gasteiger partial charge in [-0.3, -0.25) is 9.59 Å². The number of carbonyl (C=O) groups excluding carboxylic acids is 2. The zero-order chi connectivity index (χ0) is 52.6. The Labute approximate surface area is 428 Å². The van der Waals surface area contributed by atoms with Crippen molar-refractivity contribution in [2.24, 2.45) is 0 Å². The van der Waals surface area contributed by atoms with Crippen LogP contribution in [0.1, 0.15) is 151 Å². The SMILES string of the molecule is CCOC(=O)CCCOc1cc2oc3c(c2cc1OCCCC(=O)OCC)C1=C(c2cc(-c4cc(C(C)(C)C)cs4)sc2C3(c2ccc(C(C)(C)C)cc2)c2cc(C(C)(C)C)cs2)C(F)(F)C(F)(F)C1(F)F. The minimum atomic E-state index is -5.88.